The van der Waals surface area contributed by atoms with E-state index in [2.05, 4.69) is 17.6 Å². The fraction of sp³-hybridized carbons (Fsp3) is 0.276. The first kappa shape index (κ1) is 25.4. The molecule has 1 saturated heterocycles. The molecule has 3 aromatic rings. The molecule has 0 bridgehead atoms. The van der Waals surface area contributed by atoms with Crippen molar-refractivity contribution < 1.29 is 14.3 Å². The largest absolute Gasteiger partial charge is 0.492 e. The number of thiocarbonyl (C=S) groups is 1. The number of likely N-dealkylation sites (tertiary alicyclic amines) is 1. The summed E-state index contributed by atoms with van der Waals surface area (Å²) in [5.41, 5.74) is 2.91. The van der Waals surface area contributed by atoms with E-state index in [4.69, 9.17) is 17.0 Å². The van der Waals surface area contributed by atoms with Gasteiger partial charge in [0.25, 0.3) is 11.8 Å². The number of carbonyl (C=O) groups is 2. The maximum Gasteiger partial charge on any atom is 0.261 e. The number of amides is 2. The van der Waals surface area contributed by atoms with E-state index in [9.17, 15) is 9.59 Å². The van der Waals surface area contributed by atoms with Gasteiger partial charge in [-0.1, -0.05) is 49.4 Å². The zero-order valence-electron chi connectivity index (χ0n) is 20.4. The molecule has 0 aliphatic carbocycles. The molecule has 0 saturated carbocycles. The molecule has 0 aromatic heterocycles. The Kier molecular flexibility index (Phi) is 8.68. The van der Waals surface area contributed by atoms with Crippen LogP contribution in [-0.2, 0) is 6.42 Å². The summed E-state index contributed by atoms with van der Waals surface area (Å²) in [5, 5.41) is 5.89. The van der Waals surface area contributed by atoms with Crippen LogP contribution in [-0.4, -0.2) is 41.5 Å². The van der Waals surface area contributed by atoms with Gasteiger partial charge in [-0.05, 0) is 72.9 Å². The van der Waals surface area contributed by atoms with Crippen LogP contribution in [0.2, 0.25) is 0 Å². The summed E-state index contributed by atoms with van der Waals surface area (Å²) >= 11 is 5.35. The SMILES string of the molecule is CC1CCN(C(=O)c2ccc(NC(=S)NC(=O)c3ccccc3OCCc3ccccc3)cc2)CC1. The molecule has 36 heavy (non-hydrogen) atoms. The molecule has 1 fully saturated rings. The third-order valence-electron chi connectivity index (χ3n) is 6.31. The number of hydrogen-bond donors (Lipinski definition) is 2. The van der Waals surface area contributed by atoms with Crippen LogP contribution in [0.25, 0.3) is 0 Å². The van der Waals surface area contributed by atoms with Gasteiger partial charge in [-0.2, -0.15) is 0 Å². The first-order valence-corrected chi connectivity index (χ1v) is 12.7. The first-order valence-electron chi connectivity index (χ1n) is 12.3. The highest BCUT2D eigenvalue weighted by Gasteiger charge is 2.21. The molecule has 186 valence electrons. The number of rotatable bonds is 7. The number of anilines is 1. The summed E-state index contributed by atoms with van der Waals surface area (Å²) in [7, 11) is 0. The Bertz CT molecular complexity index is 1190. The number of nitrogens with zero attached hydrogens (tertiary/aromatic N) is 1. The molecule has 3 aromatic carbocycles. The number of ether oxygens (including phenoxy) is 1. The summed E-state index contributed by atoms with van der Waals surface area (Å²) in [5.74, 6) is 0.871. The molecular weight excluding hydrogens is 470 g/mol. The minimum Gasteiger partial charge on any atom is -0.492 e. The third-order valence-corrected chi connectivity index (χ3v) is 6.51. The van der Waals surface area contributed by atoms with Crippen molar-refractivity contribution in [2.45, 2.75) is 26.2 Å². The van der Waals surface area contributed by atoms with Crippen molar-refractivity contribution in [3.63, 3.8) is 0 Å². The number of para-hydroxylation sites is 1. The second-order valence-corrected chi connectivity index (χ2v) is 9.45. The van der Waals surface area contributed by atoms with Crippen molar-refractivity contribution in [1.82, 2.24) is 10.2 Å². The summed E-state index contributed by atoms with van der Waals surface area (Å²) in [6.45, 7) is 4.28. The van der Waals surface area contributed by atoms with Gasteiger partial charge < -0.3 is 15.0 Å². The van der Waals surface area contributed by atoms with E-state index in [1.807, 2.05) is 41.3 Å². The van der Waals surface area contributed by atoms with E-state index in [1.54, 1.807) is 42.5 Å². The van der Waals surface area contributed by atoms with Crippen LogP contribution in [0.1, 0.15) is 46.0 Å². The number of hydrogen-bond acceptors (Lipinski definition) is 4. The van der Waals surface area contributed by atoms with Gasteiger partial charge >= 0.3 is 0 Å². The number of carbonyl (C=O) groups excluding carboxylic acids is 2. The standard InChI is InChI=1S/C29H31N3O3S/c1-21-15-18-32(19-16-21)28(34)23-11-13-24(14-12-23)30-29(36)31-27(33)25-9-5-6-10-26(25)35-20-17-22-7-3-2-4-8-22/h2-14,21H,15-20H2,1H3,(H2,30,31,33,36). The Balaban J connectivity index is 1.30. The smallest absolute Gasteiger partial charge is 0.261 e. The van der Waals surface area contributed by atoms with Crippen LogP contribution in [0.3, 0.4) is 0 Å². The van der Waals surface area contributed by atoms with Gasteiger partial charge in [0.15, 0.2) is 5.11 Å². The molecule has 0 radical (unpaired) electrons. The normalized spacial score (nSPS) is 13.6. The number of piperidine rings is 1. The van der Waals surface area contributed by atoms with E-state index in [0.29, 0.717) is 35.1 Å². The highest BCUT2D eigenvalue weighted by molar-refractivity contribution is 7.80. The number of nitrogens with one attached hydrogen (secondary N) is 2. The summed E-state index contributed by atoms with van der Waals surface area (Å²) in [6, 6.07) is 24.3. The Morgan fingerprint density at radius 3 is 2.33 bits per heavy atom. The molecule has 0 unspecified atom stereocenters. The molecule has 7 heteroatoms. The van der Waals surface area contributed by atoms with Crippen LogP contribution in [0, 0.1) is 5.92 Å². The molecule has 6 nitrogen and oxygen atoms in total. The van der Waals surface area contributed by atoms with Gasteiger partial charge in [0.2, 0.25) is 0 Å². The van der Waals surface area contributed by atoms with Gasteiger partial charge in [0, 0.05) is 30.8 Å². The lowest BCUT2D eigenvalue weighted by molar-refractivity contribution is 0.0697. The predicted octanol–water partition coefficient (Wildman–Crippen LogP) is 5.31. The Morgan fingerprint density at radius 1 is 0.944 bits per heavy atom. The van der Waals surface area contributed by atoms with Crippen LogP contribution in [0.4, 0.5) is 5.69 Å². The Hall–Kier alpha value is -3.71. The van der Waals surface area contributed by atoms with Gasteiger partial charge in [-0.3, -0.25) is 14.9 Å². The van der Waals surface area contributed by atoms with Crippen molar-refractivity contribution in [3.8, 4) is 5.75 Å². The molecule has 2 N–H and O–H groups in total. The fourth-order valence-corrected chi connectivity index (χ4v) is 4.34. The maximum absolute atomic E-state index is 12.9. The van der Waals surface area contributed by atoms with Gasteiger partial charge in [0.05, 0.1) is 12.2 Å². The van der Waals surface area contributed by atoms with E-state index in [0.717, 1.165) is 32.4 Å². The Morgan fingerprint density at radius 2 is 1.61 bits per heavy atom. The second-order valence-electron chi connectivity index (χ2n) is 9.04. The van der Waals surface area contributed by atoms with Crippen LogP contribution >= 0.6 is 12.2 Å². The van der Waals surface area contributed by atoms with Crippen molar-refractivity contribution in [3.05, 3.63) is 95.6 Å². The highest BCUT2D eigenvalue weighted by Crippen LogP contribution is 2.20. The molecule has 2 amide bonds. The van der Waals surface area contributed by atoms with E-state index < -0.39 is 0 Å². The highest BCUT2D eigenvalue weighted by atomic mass is 32.1. The number of benzene rings is 3. The lowest BCUT2D eigenvalue weighted by atomic mass is 9.98. The lowest BCUT2D eigenvalue weighted by Crippen LogP contribution is -2.37. The summed E-state index contributed by atoms with van der Waals surface area (Å²) in [6.07, 6.45) is 2.83. The topological polar surface area (TPSA) is 70.7 Å². The summed E-state index contributed by atoms with van der Waals surface area (Å²) in [4.78, 5) is 27.5. The van der Waals surface area contributed by atoms with Crippen molar-refractivity contribution in [2.75, 3.05) is 25.0 Å². The van der Waals surface area contributed by atoms with Gasteiger partial charge in [-0.15, -0.1) is 0 Å². The van der Waals surface area contributed by atoms with E-state index in [1.165, 1.54) is 5.56 Å². The molecule has 0 atom stereocenters. The average Bonchev–Trinajstić information content (AvgIpc) is 2.90. The average molecular weight is 502 g/mol. The molecular formula is C29H31N3O3S. The quantitative estimate of drug-likeness (QED) is 0.430. The van der Waals surface area contributed by atoms with E-state index >= 15 is 0 Å². The Labute approximate surface area is 217 Å². The molecule has 1 aliphatic heterocycles. The van der Waals surface area contributed by atoms with Crippen LogP contribution in [0.15, 0.2) is 78.9 Å². The van der Waals surface area contributed by atoms with Crippen LogP contribution < -0.4 is 15.4 Å². The molecule has 1 heterocycles. The van der Waals surface area contributed by atoms with Crippen molar-refractivity contribution in [2.24, 2.45) is 5.92 Å². The first-order chi connectivity index (χ1) is 17.5. The maximum atomic E-state index is 12.9. The van der Waals surface area contributed by atoms with Crippen molar-refractivity contribution >= 4 is 34.8 Å². The zero-order valence-corrected chi connectivity index (χ0v) is 21.2. The van der Waals surface area contributed by atoms with Crippen LogP contribution in [0.5, 0.6) is 5.75 Å². The van der Waals surface area contributed by atoms with Gasteiger partial charge in [-0.25, -0.2) is 0 Å². The van der Waals surface area contributed by atoms with Crippen molar-refractivity contribution in [1.29, 1.82) is 0 Å². The summed E-state index contributed by atoms with van der Waals surface area (Å²) < 4.78 is 5.89. The lowest BCUT2D eigenvalue weighted by Gasteiger charge is -2.30. The minimum absolute atomic E-state index is 0.0493. The molecule has 4 rings (SSSR count). The second kappa shape index (κ2) is 12.3. The molecule has 0 spiro atoms. The fourth-order valence-electron chi connectivity index (χ4n) is 4.13. The predicted molar refractivity (Wildman–Crippen MR) is 147 cm³/mol. The van der Waals surface area contributed by atoms with Gasteiger partial charge in [0.1, 0.15) is 5.75 Å². The van der Waals surface area contributed by atoms with E-state index in [-0.39, 0.29) is 16.9 Å². The monoisotopic (exact) mass is 501 g/mol. The minimum atomic E-state index is -0.353. The molecule has 1 aliphatic rings. The third kappa shape index (κ3) is 6.92. The zero-order chi connectivity index (χ0) is 25.3.